The van der Waals surface area contributed by atoms with Crippen molar-refractivity contribution in [2.45, 2.75) is 51.6 Å². The summed E-state index contributed by atoms with van der Waals surface area (Å²) in [4.78, 5) is 0. The maximum Gasteiger partial charge on any atom is 1.00 e. The minimum atomic E-state index is -5.32. The number of aromatic nitrogens is 3. The van der Waals surface area contributed by atoms with Crippen LogP contribution in [0.5, 0.6) is 0 Å². The Hall–Kier alpha value is 0.970. The van der Waals surface area contributed by atoms with Crippen molar-refractivity contribution in [3.63, 3.8) is 0 Å². The minimum absolute atomic E-state index is 0. The van der Waals surface area contributed by atoms with E-state index in [1.165, 1.54) is 5.01 Å². The van der Waals surface area contributed by atoms with Crippen LogP contribution in [0.3, 0.4) is 0 Å². The summed E-state index contributed by atoms with van der Waals surface area (Å²) < 4.78 is 122. The maximum atomic E-state index is 11.2. The van der Waals surface area contributed by atoms with Crippen LogP contribution in [0, 0.1) is 6.42 Å². The van der Waals surface area contributed by atoms with Gasteiger partial charge >= 0.3 is 88.7 Å². The van der Waals surface area contributed by atoms with E-state index in [9.17, 15) is 25.9 Å². The van der Waals surface area contributed by atoms with E-state index in [1.54, 1.807) is 24.0 Å². The summed E-state index contributed by atoms with van der Waals surface area (Å²) in [5.41, 5.74) is 6.61. The van der Waals surface area contributed by atoms with Crippen LogP contribution in [0.15, 0.2) is 18.1 Å². The Morgan fingerprint density at radius 3 is 2.12 bits per heavy atom. The Kier molecular flexibility index (Phi) is 20.2. The molecular formula is C14H22N6Na3O14S3-. The Morgan fingerprint density at radius 1 is 1.10 bits per heavy atom. The third-order valence-corrected chi connectivity index (χ3v) is 5.15. The molecule has 2 aliphatic heterocycles. The minimum Gasteiger partial charge on any atom is -0.726 e. The third kappa shape index (κ3) is 17.9. The van der Waals surface area contributed by atoms with E-state index in [-0.39, 0.29) is 102 Å². The van der Waals surface area contributed by atoms with Gasteiger partial charge in [-0.3, -0.25) is 18.4 Å². The Bertz CT molecular complexity index is 1260. The number of allylic oxidation sites excluding steroid dienone is 1. The first-order valence-electron chi connectivity index (χ1n) is 9.86. The normalized spacial score (nSPS) is 22.9. The first-order chi connectivity index (χ1) is 16.9. The molecule has 1 saturated heterocycles. The average Bonchev–Trinajstić information content (AvgIpc) is 3.34. The molecule has 0 aliphatic carbocycles. The third-order valence-electron chi connectivity index (χ3n) is 4.23. The zero-order valence-corrected chi connectivity index (χ0v) is 30.4. The summed E-state index contributed by atoms with van der Waals surface area (Å²) in [6, 6.07) is 0. The monoisotopic (exact) mass is 663 g/mol. The van der Waals surface area contributed by atoms with Gasteiger partial charge in [-0.05, 0) is 20.0 Å². The Labute approximate surface area is 297 Å². The largest absolute Gasteiger partial charge is 1.00 e. The van der Waals surface area contributed by atoms with Gasteiger partial charge in [-0.2, -0.15) is 0 Å². The number of ether oxygens (including phenoxy) is 2. The molecule has 1 aromatic rings. The van der Waals surface area contributed by atoms with Crippen molar-refractivity contribution in [2.24, 2.45) is 0 Å². The van der Waals surface area contributed by atoms with Gasteiger partial charge in [0.2, 0.25) is 31.2 Å². The molecular weight excluding hydrogens is 641 g/mol. The maximum absolute atomic E-state index is 11.2. The predicted molar refractivity (Wildman–Crippen MR) is 112 cm³/mol. The van der Waals surface area contributed by atoms with Crippen molar-refractivity contribution in [3.8, 4) is 0 Å². The smallest absolute Gasteiger partial charge is 0.726 e. The second kappa shape index (κ2) is 18.7. The first kappa shape index (κ1) is 43.1. The average molecular weight is 664 g/mol. The summed E-state index contributed by atoms with van der Waals surface area (Å²) in [7, 11) is -15.5. The van der Waals surface area contributed by atoms with E-state index in [4.69, 9.17) is 27.0 Å². The second-order valence-corrected chi connectivity index (χ2v) is 10.1. The SMILES string of the molecule is CCn1cc(CO[C@@H]2[CH-][C@@H](OS(=O)(=O)[O-])[C@H](OS(=O)(=O)[O-])[C@@H](CN3C=C(C)NN3)O2)nn1.O=S(=O)([O-])O.[Na+].[Na+].[Na+]. The van der Waals surface area contributed by atoms with E-state index in [0.29, 0.717) is 17.9 Å². The first-order valence-corrected chi connectivity index (χ1v) is 13.9. The molecule has 0 spiro atoms. The van der Waals surface area contributed by atoms with Crippen LogP contribution in [0.25, 0.3) is 0 Å². The van der Waals surface area contributed by atoms with Gasteiger partial charge in [-0.1, -0.05) is 5.21 Å². The molecule has 3 rings (SSSR count). The van der Waals surface area contributed by atoms with Gasteiger partial charge in [0.05, 0.1) is 19.3 Å². The summed E-state index contributed by atoms with van der Waals surface area (Å²) in [5, 5.41) is 9.15. The Morgan fingerprint density at radius 2 is 1.68 bits per heavy atom. The number of nitrogens with zero attached hydrogens (tertiary/aromatic N) is 4. The molecule has 3 heterocycles. The summed E-state index contributed by atoms with van der Waals surface area (Å²) in [5.74, 6) is 0. The van der Waals surface area contributed by atoms with Crippen LogP contribution in [-0.4, -0.2) is 94.6 Å². The fourth-order valence-electron chi connectivity index (χ4n) is 2.97. The van der Waals surface area contributed by atoms with Gasteiger partial charge in [-0.15, -0.1) is 10.6 Å². The summed E-state index contributed by atoms with van der Waals surface area (Å²) in [6.07, 6.45) is -1.99. The number of nitrogens with one attached hydrogen (secondary N) is 2. The number of hydrogen-bond acceptors (Lipinski definition) is 18. The van der Waals surface area contributed by atoms with E-state index >= 15 is 0 Å². The van der Waals surface area contributed by atoms with Gasteiger partial charge in [0, 0.05) is 24.7 Å². The van der Waals surface area contributed by atoms with Gasteiger partial charge in [-0.25, -0.2) is 31.7 Å². The van der Waals surface area contributed by atoms with E-state index in [0.717, 1.165) is 6.42 Å². The van der Waals surface area contributed by atoms with Crippen LogP contribution in [0.2, 0.25) is 0 Å². The molecule has 0 bridgehead atoms. The zero-order valence-electron chi connectivity index (χ0n) is 21.9. The number of aryl methyl sites for hydroxylation is 1. The predicted octanol–water partition coefficient (Wildman–Crippen LogP) is -12.4. The van der Waals surface area contributed by atoms with Crippen molar-refractivity contribution < 1.29 is 150 Å². The fraction of sp³-hybridized carbons (Fsp3) is 0.643. The topological polar surface area (TPSA) is 287 Å². The van der Waals surface area contributed by atoms with Crippen molar-refractivity contribution >= 4 is 31.2 Å². The van der Waals surface area contributed by atoms with Crippen LogP contribution >= 0.6 is 0 Å². The van der Waals surface area contributed by atoms with Crippen molar-refractivity contribution in [3.05, 3.63) is 30.2 Å². The van der Waals surface area contributed by atoms with Gasteiger partial charge in [0.15, 0.2) is 0 Å². The molecule has 3 N–H and O–H groups in total. The van der Waals surface area contributed by atoms with Gasteiger partial charge in [0.25, 0.3) is 0 Å². The molecule has 0 unspecified atom stereocenters. The van der Waals surface area contributed by atoms with E-state index in [1.807, 2.05) is 6.92 Å². The molecule has 0 radical (unpaired) electrons. The molecule has 214 valence electrons. The molecule has 1 fully saturated rings. The quantitative estimate of drug-likeness (QED) is 0.0906. The molecule has 2 aliphatic rings. The van der Waals surface area contributed by atoms with Crippen LogP contribution in [0.1, 0.15) is 19.5 Å². The molecule has 0 aromatic carbocycles. The summed E-state index contributed by atoms with van der Waals surface area (Å²) in [6.45, 7) is 3.89. The molecule has 20 nitrogen and oxygen atoms in total. The van der Waals surface area contributed by atoms with Crippen molar-refractivity contribution in [2.75, 3.05) is 6.54 Å². The molecule has 0 saturated carbocycles. The molecule has 26 heteroatoms. The molecule has 4 atom stereocenters. The fourth-order valence-corrected chi connectivity index (χ4v) is 3.92. The molecule has 0 amide bonds. The Balaban J connectivity index is 0. The number of hydrogen-bond donors (Lipinski definition) is 3. The van der Waals surface area contributed by atoms with Crippen LogP contribution < -0.4 is 99.6 Å². The van der Waals surface area contributed by atoms with Gasteiger partial charge in [0.1, 0.15) is 17.9 Å². The number of rotatable bonds is 10. The standard InChI is InChI=1S/C14H23N6O10S2.3Na.H2O4S/c1-3-19-6-10(16-18-19)8-27-13-4-11(29-31(21,22)23)14(30-32(24,25)26)12(28-13)7-20-5-9(2)15-17-20;;;;1-5(2,3)4/h4-6,11-15,17H,3,7-8H2,1-2H3,(H,21,22,23)(H,24,25,26);;;;(H2,1,2,3,4)/q-1;3*+1;/p-3/t11-,12-,13+,14+;;;;/m1..../s1. The molecule has 40 heavy (non-hydrogen) atoms. The second-order valence-electron chi connectivity index (χ2n) is 7.18. The van der Waals surface area contributed by atoms with Crippen molar-refractivity contribution in [1.29, 1.82) is 0 Å². The van der Waals surface area contributed by atoms with E-state index in [2.05, 4.69) is 29.6 Å². The van der Waals surface area contributed by atoms with Gasteiger partial charge < -0.3 is 32.7 Å². The van der Waals surface area contributed by atoms with Crippen molar-refractivity contribution in [1.82, 2.24) is 31.0 Å². The molecule has 1 aromatic heterocycles. The summed E-state index contributed by atoms with van der Waals surface area (Å²) >= 11 is 0. The van der Waals surface area contributed by atoms with Crippen LogP contribution in [0.4, 0.5) is 0 Å². The van der Waals surface area contributed by atoms with E-state index < -0.39 is 55.8 Å². The number of hydrazine groups is 2. The van der Waals surface area contributed by atoms with Crippen LogP contribution in [-0.2, 0) is 62.2 Å². The zero-order chi connectivity index (χ0) is 28.0.